The molecular formula is C14H20N2O3. The zero-order valence-corrected chi connectivity index (χ0v) is 11.4. The number of amides is 1. The number of nitrogens with zero attached hydrogens (tertiary/aromatic N) is 1. The average Bonchev–Trinajstić information content (AvgIpc) is 2.38. The summed E-state index contributed by atoms with van der Waals surface area (Å²) < 4.78 is 11.0. The first-order valence-electron chi connectivity index (χ1n) is 6.50. The Morgan fingerprint density at radius 3 is 2.95 bits per heavy atom. The zero-order valence-electron chi connectivity index (χ0n) is 11.4. The lowest BCUT2D eigenvalue weighted by Crippen LogP contribution is -2.46. The predicted molar refractivity (Wildman–Crippen MR) is 73.5 cm³/mol. The maximum Gasteiger partial charge on any atom is 0.267 e. The van der Waals surface area contributed by atoms with Crippen molar-refractivity contribution in [2.75, 3.05) is 31.2 Å². The van der Waals surface area contributed by atoms with Crippen LogP contribution >= 0.6 is 0 Å². The maximum absolute atomic E-state index is 12.2. The molecule has 5 heteroatoms. The molecule has 0 fully saturated rings. The van der Waals surface area contributed by atoms with Crippen LogP contribution in [0.15, 0.2) is 18.2 Å². The Bertz CT molecular complexity index is 462. The van der Waals surface area contributed by atoms with Gasteiger partial charge in [-0.05, 0) is 31.5 Å². The van der Waals surface area contributed by atoms with E-state index in [0.717, 1.165) is 17.0 Å². The van der Waals surface area contributed by atoms with Crippen LogP contribution in [-0.2, 0) is 9.53 Å². The molecule has 0 saturated carbocycles. The number of aryl methyl sites for hydroxylation is 1. The van der Waals surface area contributed by atoms with Crippen LogP contribution in [0.4, 0.5) is 5.69 Å². The van der Waals surface area contributed by atoms with Crippen molar-refractivity contribution in [2.45, 2.75) is 20.0 Å². The number of fused-ring (bicyclic) bond motifs is 1. The molecule has 104 valence electrons. The van der Waals surface area contributed by atoms with Crippen molar-refractivity contribution in [3.8, 4) is 5.75 Å². The summed E-state index contributed by atoms with van der Waals surface area (Å²) in [6.07, 6.45) is -0.455. The summed E-state index contributed by atoms with van der Waals surface area (Å²) >= 11 is 0. The highest BCUT2D eigenvalue weighted by atomic mass is 16.5. The van der Waals surface area contributed by atoms with Crippen molar-refractivity contribution in [1.29, 1.82) is 0 Å². The summed E-state index contributed by atoms with van der Waals surface area (Å²) in [5.74, 6) is 0.721. The van der Waals surface area contributed by atoms with Gasteiger partial charge in [0.25, 0.3) is 5.91 Å². The molecule has 19 heavy (non-hydrogen) atoms. The fraction of sp³-hybridized carbons (Fsp3) is 0.500. The molecule has 1 aliphatic rings. The van der Waals surface area contributed by atoms with Crippen LogP contribution in [0.2, 0.25) is 0 Å². The molecule has 0 spiro atoms. The van der Waals surface area contributed by atoms with Crippen LogP contribution < -0.4 is 15.4 Å². The van der Waals surface area contributed by atoms with Gasteiger partial charge in [0.2, 0.25) is 0 Å². The van der Waals surface area contributed by atoms with Gasteiger partial charge >= 0.3 is 0 Å². The minimum Gasteiger partial charge on any atom is -0.479 e. The van der Waals surface area contributed by atoms with Crippen molar-refractivity contribution in [1.82, 2.24) is 0 Å². The topological polar surface area (TPSA) is 64.8 Å². The molecule has 0 aromatic heterocycles. The highest BCUT2D eigenvalue weighted by molar-refractivity contribution is 5.99. The Morgan fingerprint density at radius 2 is 2.21 bits per heavy atom. The lowest BCUT2D eigenvalue weighted by atomic mass is 10.1. The van der Waals surface area contributed by atoms with E-state index in [1.807, 2.05) is 25.1 Å². The van der Waals surface area contributed by atoms with E-state index in [1.165, 1.54) is 0 Å². The molecule has 1 atom stereocenters. The first-order chi connectivity index (χ1) is 9.13. The molecule has 1 aromatic rings. The molecule has 1 aromatic carbocycles. The number of carbonyl (C=O) groups is 1. The van der Waals surface area contributed by atoms with E-state index in [1.54, 1.807) is 11.8 Å². The van der Waals surface area contributed by atoms with Crippen LogP contribution in [0.3, 0.4) is 0 Å². The Labute approximate surface area is 113 Å². The van der Waals surface area contributed by atoms with Gasteiger partial charge in [-0.25, -0.2) is 0 Å². The van der Waals surface area contributed by atoms with E-state index in [2.05, 4.69) is 0 Å². The van der Waals surface area contributed by atoms with Gasteiger partial charge in [-0.3, -0.25) is 4.79 Å². The second kappa shape index (κ2) is 6.04. The van der Waals surface area contributed by atoms with Gasteiger partial charge in [0, 0.05) is 13.1 Å². The highest BCUT2D eigenvalue weighted by Gasteiger charge is 2.31. The molecule has 0 saturated heterocycles. The van der Waals surface area contributed by atoms with E-state index in [-0.39, 0.29) is 5.91 Å². The number of hydrogen-bond donors (Lipinski definition) is 1. The molecule has 5 nitrogen and oxygen atoms in total. The molecule has 1 aliphatic heterocycles. The third kappa shape index (κ3) is 3.05. The van der Waals surface area contributed by atoms with E-state index in [0.29, 0.717) is 26.3 Å². The molecule has 0 aliphatic carbocycles. The summed E-state index contributed by atoms with van der Waals surface area (Å²) in [7, 11) is 0. The number of ether oxygens (including phenoxy) is 2. The summed E-state index contributed by atoms with van der Waals surface area (Å²) in [4.78, 5) is 13.9. The molecule has 2 rings (SSSR count). The molecule has 0 bridgehead atoms. The van der Waals surface area contributed by atoms with Crippen molar-refractivity contribution >= 4 is 11.6 Å². The molecule has 1 unspecified atom stereocenters. The van der Waals surface area contributed by atoms with E-state index < -0.39 is 6.10 Å². The Balaban J connectivity index is 2.14. The number of nitrogens with two attached hydrogens (primary N) is 1. The second-order valence-corrected chi connectivity index (χ2v) is 4.62. The fourth-order valence-corrected chi connectivity index (χ4v) is 2.09. The lowest BCUT2D eigenvalue weighted by molar-refractivity contribution is -0.125. The molecule has 2 N–H and O–H groups in total. The summed E-state index contributed by atoms with van der Waals surface area (Å²) in [6.45, 7) is 5.75. The van der Waals surface area contributed by atoms with Crippen molar-refractivity contribution < 1.29 is 14.3 Å². The minimum absolute atomic E-state index is 0.0345. The van der Waals surface area contributed by atoms with Crippen LogP contribution in [0.5, 0.6) is 5.75 Å². The standard InChI is InChI=1S/C14H20N2O3/c1-10-3-4-12-13(9-10)19-11(2)14(17)16(12)6-8-18-7-5-15/h3-4,9,11H,5-8,15H2,1-2H3. The maximum atomic E-state index is 12.2. The fourth-order valence-electron chi connectivity index (χ4n) is 2.09. The van der Waals surface area contributed by atoms with Crippen molar-refractivity contribution in [3.05, 3.63) is 23.8 Å². The zero-order chi connectivity index (χ0) is 13.8. The Morgan fingerprint density at radius 1 is 1.42 bits per heavy atom. The van der Waals surface area contributed by atoms with Gasteiger partial charge < -0.3 is 20.1 Å². The van der Waals surface area contributed by atoms with Gasteiger partial charge in [-0.2, -0.15) is 0 Å². The normalized spacial score (nSPS) is 18.2. The second-order valence-electron chi connectivity index (χ2n) is 4.62. The number of anilines is 1. The quantitative estimate of drug-likeness (QED) is 0.808. The van der Waals surface area contributed by atoms with E-state index in [9.17, 15) is 4.79 Å². The number of benzene rings is 1. The largest absolute Gasteiger partial charge is 0.479 e. The van der Waals surface area contributed by atoms with Crippen LogP contribution in [0.1, 0.15) is 12.5 Å². The molecule has 1 heterocycles. The van der Waals surface area contributed by atoms with Crippen LogP contribution in [-0.4, -0.2) is 38.3 Å². The monoisotopic (exact) mass is 264 g/mol. The van der Waals surface area contributed by atoms with Crippen LogP contribution in [0.25, 0.3) is 0 Å². The Kier molecular flexibility index (Phi) is 4.39. The lowest BCUT2D eigenvalue weighted by Gasteiger charge is -2.33. The third-order valence-electron chi connectivity index (χ3n) is 3.05. The molecule has 1 amide bonds. The van der Waals surface area contributed by atoms with E-state index in [4.69, 9.17) is 15.2 Å². The molecular weight excluding hydrogens is 244 g/mol. The smallest absolute Gasteiger partial charge is 0.267 e. The number of carbonyl (C=O) groups excluding carboxylic acids is 1. The average molecular weight is 264 g/mol. The Hall–Kier alpha value is -1.59. The summed E-state index contributed by atoms with van der Waals surface area (Å²) in [5.41, 5.74) is 7.29. The van der Waals surface area contributed by atoms with Gasteiger partial charge in [0.05, 0.1) is 18.9 Å². The predicted octanol–water partition coefficient (Wildman–Crippen LogP) is 1.08. The first kappa shape index (κ1) is 13.8. The van der Waals surface area contributed by atoms with Crippen molar-refractivity contribution in [3.63, 3.8) is 0 Å². The van der Waals surface area contributed by atoms with Crippen LogP contribution in [0, 0.1) is 6.92 Å². The summed E-state index contributed by atoms with van der Waals surface area (Å²) in [6, 6.07) is 5.84. The summed E-state index contributed by atoms with van der Waals surface area (Å²) in [5, 5.41) is 0. The van der Waals surface area contributed by atoms with Gasteiger partial charge in [0.15, 0.2) is 6.10 Å². The first-order valence-corrected chi connectivity index (χ1v) is 6.50. The third-order valence-corrected chi connectivity index (χ3v) is 3.05. The van der Waals surface area contributed by atoms with Crippen molar-refractivity contribution in [2.24, 2.45) is 5.73 Å². The number of rotatable bonds is 5. The number of hydrogen-bond acceptors (Lipinski definition) is 4. The van der Waals surface area contributed by atoms with E-state index >= 15 is 0 Å². The van der Waals surface area contributed by atoms with Gasteiger partial charge in [-0.1, -0.05) is 6.07 Å². The van der Waals surface area contributed by atoms with Gasteiger partial charge in [-0.15, -0.1) is 0 Å². The SMILES string of the molecule is Cc1ccc2c(c1)OC(C)C(=O)N2CCOCCN. The minimum atomic E-state index is -0.455. The van der Waals surface area contributed by atoms with Gasteiger partial charge in [0.1, 0.15) is 5.75 Å². The molecule has 0 radical (unpaired) electrons. The highest BCUT2D eigenvalue weighted by Crippen LogP contribution is 2.34.